The summed E-state index contributed by atoms with van der Waals surface area (Å²) in [6.07, 6.45) is 3.38. The maximum absolute atomic E-state index is 13.2. The lowest BCUT2D eigenvalue weighted by Crippen LogP contribution is -2.43. The second-order valence-corrected chi connectivity index (χ2v) is 9.59. The maximum Gasteiger partial charge on any atom is 0.243 e. The summed E-state index contributed by atoms with van der Waals surface area (Å²) < 4.78 is 38.9. The minimum atomic E-state index is -3.77. The molecule has 1 N–H and O–H groups in total. The number of piperidine rings is 1. The molecule has 0 saturated carbocycles. The molecule has 30 heavy (non-hydrogen) atoms. The second-order valence-electron chi connectivity index (χ2n) is 7.21. The Labute approximate surface area is 180 Å². The molecular formula is C20H22ClN3O5S. The van der Waals surface area contributed by atoms with Crippen LogP contribution in [0.3, 0.4) is 0 Å². The Bertz CT molecular complexity index is 1030. The maximum atomic E-state index is 13.2. The Morgan fingerprint density at radius 3 is 2.70 bits per heavy atom. The predicted molar refractivity (Wildman–Crippen MR) is 111 cm³/mol. The zero-order chi connectivity index (χ0) is 21.1. The smallest absolute Gasteiger partial charge is 0.243 e. The molecule has 1 amide bonds. The molecule has 1 fully saturated rings. The van der Waals surface area contributed by atoms with Gasteiger partial charge < -0.3 is 14.8 Å². The third-order valence-corrected chi connectivity index (χ3v) is 7.18. The van der Waals surface area contributed by atoms with E-state index in [2.05, 4.69) is 10.3 Å². The van der Waals surface area contributed by atoms with Gasteiger partial charge in [0.05, 0.1) is 29.0 Å². The van der Waals surface area contributed by atoms with Crippen molar-refractivity contribution in [1.82, 2.24) is 9.29 Å². The van der Waals surface area contributed by atoms with Crippen molar-refractivity contribution < 1.29 is 22.7 Å². The molecule has 8 nitrogen and oxygen atoms in total. The standard InChI is InChI=1S/C20H22ClN3O5S/c21-15-4-7-19(22-12-15)23-20(25)14-3-1-8-24(13-14)30(26,27)16-5-6-17-18(11-16)29-10-2-9-28-17/h4-7,11-12,14H,1-3,8-10,13H2,(H,22,23,25). The first-order valence-electron chi connectivity index (χ1n) is 9.76. The largest absolute Gasteiger partial charge is 0.490 e. The number of carbonyl (C=O) groups excluding carboxylic acids is 1. The van der Waals surface area contributed by atoms with Gasteiger partial charge in [-0.25, -0.2) is 13.4 Å². The molecule has 0 aliphatic carbocycles. The van der Waals surface area contributed by atoms with Crippen LogP contribution in [0.15, 0.2) is 41.4 Å². The number of hydrogen-bond donors (Lipinski definition) is 1. The number of sulfonamides is 1. The summed E-state index contributed by atoms with van der Waals surface area (Å²) in [6, 6.07) is 7.87. The monoisotopic (exact) mass is 451 g/mol. The number of hydrogen-bond acceptors (Lipinski definition) is 6. The van der Waals surface area contributed by atoms with Gasteiger partial charge in [-0.15, -0.1) is 0 Å². The van der Waals surface area contributed by atoms with Gasteiger partial charge in [-0.2, -0.15) is 4.31 Å². The van der Waals surface area contributed by atoms with Crippen molar-refractivity contribution in [2.75, 3.05) is 31.6 Å². The number of carbonyl (C=O) groups is 1. The third kappa shape index (κ3) is 4.53. The van der Waals surface area contributed by atoms with E-state index in [1.54, 1.807) is 18.2 Å². The van der Waals surface area contributed by atoms with Gasteiger partial charge in [-0.05, 0) is 37.1 Å². The number of nitrogens with one attached hydrogen (secondary N) is 1. The van der Waals surface area contributed by atoms with Crippen LogP contribution in [0.4, 0.5) is 5.82 Å². The molecule has 0 spiro atoms. The van der Waals surface area contributed by atoms with Crippen LogP contribution < -0.4 is 14.8 Å². The van der Waals surface area contributed by atoms with E-state index in [4.69, 9.17) is 21.1 Å². The molecule has 10 heteroatoms. The summed E-state index contributed by atoms with van der Waals surface area (Å²) in [6.45, 7) is 1.47. The molecule has 4 rings (SSSR count). The lowest BCUT2D eigenvalue weighted by atomic mass is 9.99. The Balaban J connectivity index is 1.48. The number of anilines is 1. The lowest BCUT2D eigenvalue weighted by Gasteiger charge is -2.31. The zero-order valence-electron chi connectivity index (χ0n) is 16.2. The summed E-state index contributed by atoms with van der Waals surface area (Å²) in [5.41, 5.74) is 0. The Morgan fingerprint density at radius 1 is 1.13 bits per heavy atom. The molecule has 1 aromatic carbocycles. The highest BCUT2D eigenvalue weighted by Crippen LogP contribution is 2.34. The summed E-state index contributed by atoms with van der Waals surface area (Å²) in [5, 5.41) is 3.20. The molecular weight excluding hydrogens is 430 g/mol. The van der Waals surface area contributed by atoms with Crippen molar-refractivity contribution in [3.8, 4) is 11.5 Å². The number of ether oxygens (including phenoxy) is 2. The normalized spacial score (nSPS) is 19.7. The highest BCUT2D eigenvalue weighted by molar-refractivity contribution is 7.89. The number of fused-ring (bicyclic) bond motifs is 1. The minimum absolute atomic E-state index is 0.107. The molecule has 1 atom stereocenters. The van der Waals surface area contributed by atoms with Crippen molar-refractivity contribution in [2.24, 2.45) is 5.92 Å². The topological polar surface area (TPSA) is 97.8 Å². The average molecular weight is 452 g/mol. The van der Waals surface area contributed by atoms with E-state index in [-0.39, 0.29) is 17.3 Å². The molecule has 2 aliphatic rings. The van der Waals surface area contributed by atoms with Gasteiger partial charge >= 0.3 is 0 Å². The molecule has 1 saturated heterocycles. The molecule has 160 valence electrons. The predicted octanol–water partition coefficient (Wildman–Crippen LogP) is 2.94. The number of benzene rings is 1. The number of nitrogens with zero attached hydrogens (tertiary/aromatic N) is 2. The Hall–Kier alpha value is -2.36. The number of pyridine rings is 1. The van der Waals surface area contributed by atoms with Gasteiger partial charge in [0.2, 0.25) is 15.9 Å². The number of halogens is 1. The van der Waals surface area contributed by atoms with E-state index in [9.17, 15) is 13.2 Å². The number of aromatic nitrogens is 1. The summed E-state index contributed by atoms with van der Waals surface area (Å²) in [4.78, 5) is 16.8. The molecule has 2 aliphatic heterocycles. The highest BCUT2D eigenvalue weighted by Gasteiger charge is 2.34. The molecule has 0 bridgehead atoms. The summed E-state index contributed by atoms with van der Waals surface area (Å²) in [5.74, 6) is 0.619. The van der Waals surface area contributed by atoms with Crippen molar-refractivity contribution in [3.63, 3.8) is 0 Å². The fourth-order valence-corrected chi connectivity index (χ4v) is 5.16. The van der Waals surface area contributed by atoms with Crippen molar-refractivity contribution >= 4 is 33.3 Å². The minimum Gasteiger partial charge on any atom is -0.490 e. The fraction of sp³-hybridized carbons (Fsp3) is 0.400. The van der Waals surface area contributed by atoms with E-state index in [0.717, 1.165) is 6.42 Å². The lowest BCUT2D eigenvalue weighted by molar-refractivity contribution is -0.120. The van der Waals surface area contributed by atoms with Crippen molar-refractivity contribution in [3.05, 3.63) is 41.6 Å². The molecule has 3 heterocycles. The summed E-state index contributed by atoms with van der Waals surface area (Å²) >= 11 is 5.81. The number of amides is 1. The summed E-state index contributed by atoms with van der Waals surface area (Å²) in [7, 11) is -3.77. The first-order valence-corrected chi connectivity index (χ1v) is 11.6. The van der Waals surface area contributed by atoms with E-state index in [0.29, 0.717) is 54.9 Å². The Kier molecular flexibility index (Phi) is 6.12. The van der Waals surface area contributed by atoms with Crippen LogP contribution in [0, 0.1) is 5.92 Å². The zero-order valence-corrected chi connectivity index (χ0v) is 17.8. The number of rotatable bonds is 4. The van der Waals surface area contributed by atoms with Crippen molar-refractivity contribution in [1.29, 1.82) is 0 Å². The van der Waals surface area contributed by atoms with E-state index in [1.807, 2.05) is 0 Å². The highest BCUT2D eigenvalue weighted by atomic mass is 35.5. The second kappa shape index (κ2) is 8.79. The van der Waals surface area contributed by atoms with Crippen LogP contribution in [-0.2, 0) is 14.8 Å². The van der Waals surface area contributed by atoms with Crippen LogP contribution >= 0.6 is 11.6 Å². The van der Waals surface area contributed by atoms with Gasteiger partial charge in [0.25, 0.3) is 0 Å². The van der Waals surface area contributed by atoms with Crippen molar-refractivity contribution in [2.45, 2.75) is 24.2 Å². The quantitative estimate of drug-likeness (QED) is 0.767. The molecule has 1 unspecified atom stereocenters. The van der Waals surface area contributed by atoms with E-state index in [1.165, 1.54) is 22.6 Å². The fourth-order valence-electron chi connectivity index (χ4n) is 3.51. The SMILES string of the molecule is O=C(Nc1ccc(Cl)cn1)C1CCCN(S(=O)(=O)c2ccc3c(c2)OCCCO3)C1. The van der Waals surface area contributed by atoms with Gasteiger partial charge in [0.15, 0.2) is 11.5 Å². The van der Waals surface area contributed by atoms with Crippen LogP contribution in [0.2, 0.25) is 5.02 Å². The molecule has 2 aromatic rings. The van der Waals surface area contributed by atoms with Gasteiger partial charge in [0, 0.05) is 31.8 Å². The van der Waals surface area contributed by atoms with Crippen LogP contribution in [0.25, 0.3) is 0 Å². The average Bonchev–Trinajstić information content (AvgIpc) is 3.00. The van der Waals surface area contributed by atoms with E-state index >= 15 is 0 Å². The van der Waals surface area contributed by atoms with E-state index < -0.39 is 15.9 Å². The first-order chi connectivity index (χ1) is 14.4. The molecule has 1 aromatic heterocycles. The van der Waals surface area contributed by atoms with Crippen LogP contribution in [0.1, 0.15) is 19.3 Å². The van der Waals surface area contributed by atoms with Gasteiger partial charge in [-0.3, -0.25) is 4.79 Å². The Morgan fingerprint density at radius 2 is 1.93 bits per heavy atom. The van der Waals surface area contributed by atoms with Crippen LogP contribution in [0.5, 0.6) is 11.5 Å². The van der Waals surface area contributed by atoms with Crippen LogP contribution in [-0.4, -0.2) is 49.9 Å². The third-order valence-electron chi connectivity index (χ3n) is 5.09. The molecule has 0 radical (unpaired) electrons. The van der Waals surface area contributed by atoms with Gasteiger partial charge in [-0.1, -0.05) is 11.6 Å². The van der Waals surface area contributed by atoms with Gasteiger partial charge in [0.1, 0.15) is 5.82 Å². The first kappa shape index (κ1) is 20.9.